The lowest BCUT2D eigenvalue weighted by atomic mass is 10.1. The Labute approximate surface area is 62.9 Å². The van der Waals surface area contributed by atoms with Gasteiger partial charge in [-0.25, -0.2) is 4.39 Å². The van der Waals surface area contributed by atoms with Gasteiger partial charge in [0.15, 0.2) is 0 Å². The zero-order valence-electron chi connectivity index (χ0n) is 6.60. The first-order chi connectivity index (χ1) is 4.80. The molecule has 0 saturated carbocycles. The van der Waals surface area contributed by atoms with Crippen LogP contribution in [0, 0.1) is 0 Å². The quantitative estimate of drug-likeness (QED) is 0.540. The molecule has 64 valence electrons. The number of hydrogen-bond acceptors (Lipinski definition) is 2. The van der Waals surface area contributed by atoms with Gasteiger partial charge >= 0.3 is 0 Å². The number of alkyl halides is 1. The summed E-state index contributed by atoms with van der Waals surface area (Å²) in [6, 6.07) is 0. The van der Waals surface area contributed by atoms with Crippen molar-refractivity contribution in [2.24, 2.45) is 0 Å². The Balaban J connectivity index is 0. The minimum absolute atomic E-state index is 0. The minimum atomic E-state index is -1.05. The lowest BCUT2D eigenvalue weighted by Gasteiger charge is -2.21. The smallest absolute Gasteiger partial charge is 0.138 e. The molecule has 1 heterocycles. The largest absolute Gasteiger partial charge is 0.390 e. The van der Waals surface area contributed by atoms with Gasteiger partial charge in [0.2, 0.25) is 0 Å². The molecular weight excluding hydrogens is 133 g/mol. The van der Waals surface area contributed by atoms with Crippen LogP contribution in [0.3, 0.4) is 0 Å². The van der Waals surface area contributed by atoms with E-state index < -0.39 is 12.3 Å². The molecule has 0 spiro atoms. The maximum Gasteiger partial charge on any atom is 0.138 e. The Morgan fingerprint density at radius 3 is 2.50 bits per heavy atom. The normalized spacial score (nSPS) is 32.4. The summed E-state index contributed by atoms with van der Waals surface area (Å²) >= 11 is 0. The van der Waals surface area contributed by atoms with Gasteiger partial charge in [0, 0.05) is 7.97 Å². The van der Waals surface area contributed by atoms with E-state index >= 15 is 0 Å². The molecule has 2 nitrogen and oxygen atoms in total. The fourth-order valence-corrected chi connectivity index (χ4v) is 0.807. The van der Waals surface area contributed by atoms with Crippen molar-refractivity contribution in [2.75, 3.05) is 13.1 Å². The van der Waals surface area contributed by atoms with E-state index in [4.69, 9.17) is 5.11 Å². The summed E-state index contributed by atoms with van der Waals surface area (Å²) in [5.41, 5.74) is 0. The van der Waals surface area contributed by atoms with Gasteiger partial charge in [0.25, 0.3) is 0 Å². The molecule has 1 aliphatic heterocycles. The van der Waals surface area contributed by atoms with Crippen molar-refractivity contribution in [3.63, 3.8) is 0 Å². The fourth-order valence-electron chi connectivity index (χ4n) is 0.807. The maximum absolute atomic E-state index is 12.3. The summed E-state index contributed by atoms with van der Waals surface area (Å²) in [4.78, 5) is 0. The molecule has 1 unspecified atom stereocenters. The van der Waals surface area contributed by atoms with Crippen LogP contribution in [0.4, 0.5) is 4.39 Å². The van der Waals surface area contributed by atoms with Crippen LogP contribution in [0.25, 0.3) is 0 Å². The average Bonchev–Trinajstić information content (AvgIpc) is 2.00. The Kier molecular flexibility index (Phi) is 5.54. The number of nitrogens with one attached hydrogen (secondary N) is 1. The highest BCUT2D eigenvalue weighted by Gasteiger charge is 2.20. The highest BCUT2D eigenvalue weighted by atomic mass is 19.1. The molecule has 0 radical (unpaired) electrons. The molecule has 0 aliphatic carbocycles. The predicted octanol–water partition coefficient (Wildman–Crippen LogP) is 0.951. The Morgan fingerprint density at radius 1 is 1.60 bits per heavy atom. The van der Waals surface area contributed by atoms with Crippen LogP contribution in [-0.2, 0) is 0 Å². The van der Waals surface area contributed by atoms with Crippen LogP contribution in [0.2, 0.25) is 0 Å². The van der Waals surface area contributed by atoms with E-state index in [0.717, 1.165) is 6.54 Å². The molecule has 3 heteroatoms. The third-order valence-electron chi connectivity index (χ3n) is 1.37. The molecule has 10 heavy (non-hydrogen) atoms. The Hall–Kier alpha value is -0.150. The van der Waals surface area contributed by atoms with Crippen LogP contribution >= 0.6 is 0 Å². The summed E-state index contributed by atoms with van der Waals surface area (Å²) in [7, 11) is 0. The lowest BCUT2D eigenvalue weighted by molar-refractivity contribution is 0.0532. The topological polar surface area (TPSA) is 32.3 Å². The Morgan fingerprint density at radius 2 is 2.20 bits per heavy atom. The summed E-state index contributed by atoms with van der Waals surface area (Å²) in [5, 5.41) is 11.6. The molecule has 1 aliphatic rings. The van der Waals surface area contributed by atoms with Gasteiger partial charge in [0.1, 0.15) is 6.17 Å². The van der Waals surface area contributed by atoms with E-state index in [1.807, 2.05) is 13.8 Å². The second-order valence-electron chi connectivity index (χ2n) is 2.08. The number of rotatable bonds is 0. The van der Waals surface area contributed by atoms with Crippen molar-refractivity contribution in [2.45, 2.75) is 32.5 Å². The van der Waals surface area contributed by atoms with E-state index in [0.29, 0.717) is 13.0 Å². The van der Waals surface area contributed by atoms with Gasteiger partial charge in [-0.15, -0.1) is 0 Å². The van der Waals surface area contributed by atoms with Crippen LogP contribution in [0.5, 0.6) is 0 Å². The third-order valence-corrected chi connectivity index (χ3v) is 1.37. The van der Waals surface area contributed by atoms with E-state index in [2.05, 4.69) is 5.32 Å². The minimum Gasteiger partial charge on any atom is -0.390 e. The molecule has 0 amide bonds. The van der Waals surface area contributed by atoms with Gasteiger partial charge in [-0.05, 0) is 13.0 Å². The van der Waals surface area contributed by atoms with E-state index in [1.54, 1.807) is 0 Å². The van der Waals surface area contributed by atoms with Gasteiger partial charge < -0.3 is 10.4 Å². The fraction of sp³-hybridized carbons (Fsp3) is 1.00. The molecule has 0 aromatic heterocycles. The summed E-state index contributed by atoms with van der Waals surface area (Å²) in [5.74, 6) is 0. The van der Waals surface area contributed by atoms with Gasteiger partial charge in [-0.2, -0.15) is 0 Å². The maximum atomic E-state index is 12.3. The number of hydrogen-bond donors (Lipinski definition) is 2. The SMILES string of the molecule is CC.O[C@H]1CCNCC1F.[HH]. The first-order valence-electron chi connectivity index (χ1n) is 3.83. The van der Waals surface area contributed by atoms with E-state index in [9.17, 15) is 4.39 Å². The monoisotopic (exact) mass is 151 g/mol. The molecule has 0 aromatic rings. The van der Waals surface area contributed by atoms with Crippen molar-refractivity contribution in [3.8, 4) is 0 Å². The number of halogens is 1. The third kappa shape index (κ3) is 3.13. The predicted molar refractivity (Wildman–Crippen MR) is 41.9 cm³/mol. The van der Waals surface area contributed by atoms with E-state index in [1.165, 1.54) is 0 Å². The van der Waals surface area contributed by atoms with Crippen LogP contribution in [0.1, 0.15) is 21.7 Å². The van der Waals surface area contributed by atoms with Gasteiger partial charge in [-0.3, -0.25) is 0 Å². The molecule has 1 fully saturated rings. The number of piperidine rings is 1. The van der Waals surface area contributed by atoms with Crippen LogP contribution < -0.4 is 5.32 Å². The van der Waals surface area contributed by atoms with Crippen molar-refractivity contribution in [3.05, 3.63) is 0 Å². The molecule has 0 aromatic carbocycles. The van der Waals surface area contributed by atoms with Crippen molar-refractivity contribution in [1.29, 1.82) is 0 Å². The molecule has 2 atom stereocenters. The zero-order chi connectivity index (χ0) is 7.98. The molecule has 1 rings (SSSR count). The summed E-state index contributed by atoms with van der Waals surface area (Å²) in [6.07, 6.45) is -1.23. The molecule has 1 saturated heterocycles. The van der Waals surface area contributed by atoms with Crippen LogP contribution in [0.15, 0.2) is 0 Å². The first-order valence-corrected chi connectivity index (χ1v) is 3.83. The van der Waals surface area contributed by atoms with Crippen molar-refractivity contribution < 1.29 is 10.9 Å². The van der Waals surface area contributed by atoms with Gasteiger partial charge in [-0.1, -0.05) is 13.8 Å². The second kappa shape index (κ2) is 5.62. The highest BCUT2D eigenvalue weighted by Crippen LogP contribution is 2.05. The van der Waals surface area contributed by atoms with Gasteiger partial charge in [0.05, 0.1) is 6.10 Å². The van der Waals surface area contributed by atoms with Crippen molar-refractivity contribution in [1.82, 2.24) is 5.32 Å². The summed E-state index contributed by atoms with van der Waals surface area (Å²) < 4.78 is 12.3. The Bertz CT molecular complexity index is 74.8. The molecular formula is C7H18FNO. The average molecular weight is 151 g/mol. The number of aliphatic hydroxyl groups excluding tert-OH is 1. The lowest BCUT2D eigenvalue weighted by Crippen LogP contribution is -2.41. The van der Waals surface area contributed by atoms with E-state index in [-0.39, 0.29) is 1.43 Å². The highest BCUT2D eigenvalue weighted by molar-refractivity contribution is 4.75. The first kappa shape index (κ1) is 9.85. The zero-order valence-corrected chi connectivity index (χ0v) is 6.60. The second-order valence-corrected chi connectivity index (χ2v) is 2.08. The number of aliphatic hydroxyl groups is 1. The van der Waals surface area contributed by atoms with Crippen LogP contribution in [-0.4, -0.2) is 30.5 Å². The summed E-state index contributed by atoms with van der Waals surface area (Å²) in [6.45, 7) is 5.04. The standard InChI is InChI=1S/C5H10FNO.C2H6.H2/c6-4-3-7-2-1-5(4)8;1-2;/h4-5,7-8H,1-3H2;1-2H3;1H/t4?,5-;;/m0../s1. The molecule has 0 bridgehead atoms. The molecule has 2 N–H and O–H groups in total. The van der Waals surface area contributed by atoms with Crippen molar-refractivity contribution >= 4 is 0 Å².